The van der Waals surface area contributed by atoms with Crippen molar-refractivity contribution in [3.63, 3.8) is 0 Å². The summed E-state index contributed by atoms with van der Waals surface area (Å²) in [7, 11) is 1.64. The number of halogens is 3. The summed E-state index contributed by atoms with van der Waals surface area (Å²) in [6.07, 6.45) is 0.0365. The Morgan fingerprint density at radius 2 is 1.95 bits per heavy atom. The van der Waals surface area contributed by atoms with E-state index in [0.717, 1.165) is 29.4 Å². The number of aliphatic hydroxyl groups excluding tert-OH is 1. The number of hydrogen-bond acceptors (Lipinski definition) is 2. The predicted octanol–water partition coefficient (Wildman–Crippen LogP) is 5.10. The summed E-state index contributed by atoms with van der Waals surface area (Å²) in [6, 6.07) is 11.8. The Hall–Kier alpha value is -0.110. The first kappa shape index (κ1) is 16.3. The van der Waals surface area contributed by atoms with Crippen molar-refractivity contribution in [3.8, 4) is 5.75 Å². The van der Waals surface area contributed by atoms with Crippen molar-refractivity contribution in [2.45, 2.75) is 12.5 Å². The Morgan fingerprint density at radius 1 is 1.20 bits per heavy atom. The smallest absolute Gasteiger partial charge is 0.133 e. The molecule has 1 atom stereocenters. The largest absolute Gasteiger partial charge is 0.496 e. The Bertz CT molecular complexity index is 617. The summed E-state index contributed by atoms with van der Waals surface area (Å²) in [6.45, 7) is 0. The minimum Gasteiger partial charge on any atom is -0.496 e. The highest BCUT2D eigenvalue weighted by Crippen LogP contribution is 2.30. The molecule has 0 saturated carbocycles. The van der Waals surface area contributed by atoms with E-state index in [-0.39, 0.29) is 0 Å². The number of rotatable bonds is 4. The van der Waals surface area contributed by atoms with E-state index in [0.29, 0.717) is 6.42 Å². The molecular weight excluding hydrogens is 499 g/mol. The van der Waals surface area contributed by atoms with E-state index in [1.165, 1.54) is 0 Å². The molecule has 1 unspecified atom stereocenters. The van der Waals surface area contributed by atoms with Gasteiger partial charge in [0.15, 0.2) is 0 Å². The van der Waals surface area contributed by atoms with Crippen LogP contribution in [0.2, 0.25) is 0 Å². The zero-order valence-electron chi connectivity index (χ0n) is 10.7. The standard InChI is InChI=1S/C15H13Br2IO2/c1-20-15-5-2-9(6-12(15)17)7-14(19)11-8-10(16)3-4-13(11)18/h2-6,8,14,19H,7H2,1H3. The van der Waals surface area contributed by atoms with Gasteiger partial charge in [-0.15, -0.1) is 0 Å². The molecule has 0 fully saturated rings. The highest BCUT2D eigenvalue weighted by molar-refractivity contribution is 14.1. The van der Waals surface area contributed by atoms with Crippen molar-refractivity contribution in [3.05, 3.63) is 60.0 Å². The van der Waals surface area contributed by atoms with Gasteiger partial charge in [-0.2, -0.15) is 0 Å². The minimum absolute atomic E-state index is 0.528. The average Bonchev–Trinajstić information content (AvgIpc) is 2.41. The lowest BCUT2D eigenvalue weighted by Gasteiger charge is -2.14. The Labute approximate surface area is 148 Å². The normalized spacial score (nSPS) is 12.2. The van der Waals surface area contributed by atoms with Gasteiger partial charge in [0.25, 0.3) is 0 Å². The van der Waals surface area contributed by atoms with E-state index in [2.05, 4.69) is 54.5 Å². The van der Waals surface area contributed by atoms with Gasteiger partial charge in [-0.1, -0.05) is 22.0 Å². The zero-order chi connectivity index (χ0) is 14.7. The minimum atomic E-state index is -0.528. The molecule has 0 aromatic heterocycles. The fourth-order valence-corrected chi connectivity index (χ4v) is 3.60. The molecule has 0 radical (unpaired) electrons. The number of aliphatic hydroxyl groups is 1. The number of hydrogen-bond donors (Lipinski definition) is 1. The van der Waals surface area contributed by atoms with Gasteiger partial charge in [0.2, 0.25) is 0 Å². The second kappa shape index (κ2) is 7.24. The highest BCUT2D eigenvalue weighted by Gasteiger charge is 2.13. The molecule has 0 heterocycles. The van der Waals surface area contributed by atoms with Crippen LogP contribution >= 0.6 is 54.5 Å². The number of benzene rings is 2. The first-order chi connectivity index (χ1) is 9.51. The molecule has 0 aliphatic rings. The third-order valence-corrected chi connectivity index (χ3v) is 5.06. The molecule has 0 aliphatic carbocycles. The Kier molecular flexibility index (Phi) is 5.89. The number of ether oxygens (including phenoxy) is 1. The van der Waals surface area contributed by atoms with Crippen molar-refractivity contribution >= 4 is 54.5 Å². The van der Waals surface area contributed by atoms with Gasteiger partial charge in [-0.25, -0.2) is 0 Å². The number of methoxy groups -OCH3 is 1. The van der Waals surface area contributed by atoms with Crippen LogP contribution in [-0.4, -0.2) is 12.2 Å². The quantitative estimate of drug-likeness (QED) is 0.579. The SMILES string of the molecule is COc1ccc(CC(O)c2cc(Br)ccc2I)cc1Br. The topological polar surface area (TPSA) is 29.5 Å². The van der Waals surface area contributed by atoms with Crippen molar-refractivity contribution in [2.24, 2.45) is 0 Å². The molecule has 5 heteroatoms. The van der Waals surface area contributed by atoms with Gasteiger partial charge in [-0.05, 0) is 80.0 Å². The first-order valence-corrected chi connectivity index (χ1v) is 8.63. The van der Waals surface area contributed by atoms with Crippen LogP contribution < -0.4 is 4.74 Å². The van der Waals surface area contributed by atoms with E-state index >= 15 is 0 Å². The second-order valence-corrected chi connectivity index (χ2v) is 7.29. The van der Waals surface area contributed by atoms with Crippen molar-refractivity contribution < 1.29 is 9.84 Å². The van der Waals surface area contributed by atoms with E-state index < -0.39 is 6.10 Å². The van der Waals surface area contributed by atoms with Crippen LogP contribution in [0.15, 0.2) is 45.3 Å². The summed E-state index contributed by atoms with van der Waals surface area (Å²) in [5.41, 5.74) is 1.99. The van der Waals surface area contributed by atoms with Crippen molar-refractivity contribution in [2.75, 3.05) is 7.11 Å². The lowest BCUT2D eigenvalue weighted by molar-refractivity contribution is 0.177. The summed E-state index contributed by atoms with van der Waals surface area (Å²) < 4.78 is 8.14. The maximum atomic E-state index is 10.4. The van der Waals surface area contributed by atoms with Crippen LogP contribution in [0, 0.1) is 3.57 Å². The summed E-state index contributed by atoms with van der Waals surface area (Å²) >= 11 is 9.15. The molecule has 20 heavy (non-hydrogen) atoms. The second-order valence-electron chi connectivity index (χ2n) is 4.35. The summed E-state index contributed by atoms with van der Waals surface area (Å²) in [4.78, 5) is 0. The van der Waals surface area contributed by atoms with Crippen LogP contribution in [-0.2, 0) is 6.42 Å². The highest BCUT2D eigenvalue weighted by atomic mass is 127. The summed E-state index contributed by atoms with van der Waals surface area (Å²) in [5.74, 6) is 0.792. The van der Waals surface area contributed by atoms with Crippen LogP contribution in [0.25, 0.3) is 0 Å². The third kappa shape index (κ3) is 3.96. The van der Waals surface area contributed by atoms with Crippen LogP contribution in [0.5, 0.6) is 5.75 Å². The van der Waals surface area contributed by atoms with Gasteiger partial charge in [0.1, 0.15) is 5.75 Å². The molecule has 0 saturated heterocycles. The Balaban J connectivity index is 2.21. The fourth-order valence-electron chi connectivity index (χ4n) is 1.94. The molecule has 2 aromatic rings. The maximum Gasteiger partial charge on any atom is 0.133 e. The molecular formula is C15H13Br2IO2. The van der Waals surface area contributed by atoms with E-state index in [1.54, 1.807) is 7.11 Å². The van der Waals surface area contributed by atoms with Gasteiger partial charge in [0, 0.05) is 14.5 Å². The molecule has 106 valence electrons. The van der Waals surface area contributed by atoms with Crippen molar-refractivity contribution in [1.82, 2.24) is 0 Å². The molecule has 1 N–H and O–H groups in total. The molecule has 2 aromatic carbocycles. The van der Waals surface area contributed by atoms with E-state index in [9.17, 15) is 5.11 Å². The van der Waals surface area contributed by atoms with Crippen molar-refractivity contribution in [1.29, 1.82) is 0 Å². The lowest BCUT2D eigenvalue weighted by atomic mass is 10.0. The fraction of sp³-hybridized carbons (Fsp3) is 0.200. The molecule has 0 bridgehead atoms. The molecule has 0 spiro atoms. The first-order valence-electron chi connectivity index (χ1n) is 5.96. The predicted molar refractivity (Wildman–Crippen MR) is 96.2 cm³/mol. The van der Waals surface area contributed by atoms with E-state index in [1.807, 2.05) is 36.4 Å². The van der Waals surface area contributed by atoms with Gasteiger partial charge in [0.05, 0.1) is 17.7 Å². The zero-order valence-corrected chi connectivity index (χ0v) is 16.1. The molecule has 0 amide bonds. The van der Waals surface area contributed by atoms with Crippen LogP contribution in [0.3, 0.4) is 0 Å². The van der Waals surface area contributed by atoms with E-state index in [4.69, 9.17) is 4.74 Å². The van der Waals surface area contributed by atoms with Crippen LogP contribution in [0.1, 0.15) is 17.2 Å². The van der Waals surface area contributed by atoms with Gasteiger partial charge in [-0.3, -0.25) is 0 Å². The molecule has 2 nitrogen and oxygen atoms in total. The molecule has 0 aliphatic heterocycles. The summed E-state index contributed by atoms with van der Waals surface area (Å²) in [5, 5.41) is 10.4. The third-order valence-electron chi connectivity index (χ3n) is 2.96. The van der Waals surface area contributed by atoms with Gasteiger partial charge >= 0.3 is 0 Å². The lowest BCUT2D eigenvalue weighted by Crippen LogP contribution is -2.04. The average molecular weight is 512 g/mol. The maximum absolute atomic E-state index is 10.4. The Morgan fingerprint density at radius 3 is 2.60 bits per heavy atom. The van der Waals surface area contributed by atoms with Crippen LogP contribution in [0.4, 0.5) is 0 Å². The van der Waals surface area contributed by atoms with Gasteiger partial charge < -0.3 is 9.84 Å². The monoisotopic (exact) mass is 510 g/mol. The molecule has 2 rings (SSSR count).